The second kappa shape index (κ2) is 15.9. The molecular weight excluding hydrogens is 516 g/mol. The van der Waals surface area contributed by atoms with Crippen molar-refractivity contribution in [3.05, 3.63) is 70.8 Å². The largest absolute Gasteiger partial charge is 0.491 e. The van der Waals surface area contributed by atoms with E-state index < -0.39 is 16.7 Å². The van der Waals surface area contributed by atoms with Gasteiger partial charge in [-0.1, -0.05) is 49.2 Å². The van der Waals surface area contributed by atoms with Crippen LogP contribution in [0.15, 0.2) is 54.6 Å². The quantitative estimate of drug-likeness (QED) is 0.193. The predicted molar refractivity (Wildman–Crippen MR) is 161 cm³/mol. The zero-order valence-corrected chi connectivity index (χ0v) is 24.4. The summed E-state index contributed by atoms with van der Waals surface area (Å²) in [5, 5.41) is 0.782. The van der Waals surface area contributed by atoms with Gasteiger partial charge >= 0.3 is 0 Å². The number of rotatable bonds is 15. The molecule has 0 spiro atoms. The van der Waals surface area contributed by atoms with E-state index in [1.165, 1.54) is 5.56 Å². The Morgan fingerprint density at radius 2 is 2.08 bits per heavy atom. The maximum Gasteiger partial charge on any atom is 0.248 e. The first-order valence-electron chi connectivity index (χ1n) is 13.9. The van der Waals surface area contributed by atoms with Crippen molar-refractivity contribution in [2.24, 2.45) is 17.6 Å². The number of anilines is 1. The van der Waals surface area contributed by atoms with Gasteiger partial charge in [-0.15, -0.1) is 0 Å². The molecule has 2 unspecified atom stereocenters. The van der Waals surface area contributed by atoms with E-state index in [0.717, 1.165) is 86.7 Å². The number of amides is 1. The summed E-state index contributed by atoms with van der Waals surface area (Å²) in [5.41, 5.74) is 8.35. The van der Waals surface area contributed by atoms with Gasteiger partial charge < -0.3 is 15.4 Å². The van der Waals surface area contributed by atoms with Crippen LogP contribution in [-0.2, 0) is 17.2 Å². The van der Waals surface area contributed by atoms with Crippen LogP contribution in [0.5, 0.6) is 5.75 Å². The van der Waals surface area contributed by atoms with E-state index in [9.17, 15) is 9.00 Å². The highest BCUT2D eigenvalue weighted by atomic mass is 35.5. The average Bonchev–Trinajstić information content (AvgIpc) is 3.06. The molecule has 0 saturated heterocycles. The van der Waals surface area contributed by atoms with Crippen LogP contribution in [0, 0.1) is 11.8 Å². The lowest BCUT2D eigenvalue weighted by molar-refractivity contribution is 0.1000. The summed E-state index contributed by atoms with van der Waals surface area (Å²) in [4.78, 5) is 14.3. The number of hydrogen-bond acceptors (Lipinski definition) is 4. The molecule has 1 aliphatic rings. The highest BCUT2D eigenvalue weighted by molar-refractivity contribution is 7.84. The average molecular weight is 559 g/mol. The topological polar surface area (TPSA) is 72.6 Å². The summed E-state index contributed by atoms with van der Waals surface area (Å²) in [6.45, 7) is 4.72. The molecule has 3 atom stereocenters. The Hall–Kier alpha value is -2.31. The number of primary amides is 1. The fourth-order valence-electron chi connectivity index (χ4n) is 5.02. The van der Waals surface area contributed by atoms with E-state index in [1.807, 2.05) is 30.3 Å². The van der Waals surface area contributed by atoms with Crippen molar-refractivity contribution >= 4 is 34.0 Å². The lowest BCUT2D eigenvalue weighted by atomic mass is 9.96. The van der Waals surface area contributed by atoms with Crippen LogP contribution in [0.2, 0.25) is 5.02 Å². The maximum absolute atomic E-state index is 11.9. The number of unbranched alkanes of at least 4 members (excludes halogenated alkanes) is 1. The molecule has 1 heterocycles. The molecule has 2 aromatic carbocycles. The first-order valence-corrected chi connectivity index (χ1v) is 16.0. The van der Waals surface area contributed by atoms with Gasteiger partial charge in [-0.2, -0.15) is 0 Å². The van der Waals surface area contributed by atoms with Crippen LogP contribution in [0.1, 0.15) is 67.8 Å². The van der Waals surface area contributed by atoms with Gasteiger partial charge in [0.25, 0.3) is 0 Å². The van der Waals surface area contributed by atoms with Crippen LogP contribution >= 0.6 is 11.6 Å². The number of allylic oxidation sites excluding steroid dienone is 2. The lowest BCUT2D eigenvalue weighted by Gasteiger charge is -2.28. The van der Waals surface area contributed by atoms with Crippen molar-refractivity contribution in [3.63, 3.8) is 0 Å². The number of halogens is 1. The van der Waals surface area contributed by atoms with Gasteiger partial charge in [0.2, 0.25) is 5.91 Å². The van der Waals surface area contributed by atoms with Crippen molar-refractivity contribution in [2.75, 3.05) is 36.6 Å². The third kappa shape index (κ3) is 10.1. The van der Waals surface area contributed by atoms with Crippen LogP contribution in [0.3, 0.4) is 0 Å². The number of aryl methyl sites for hydroxylation is 1. The smallest absolute Gasteiger partial charge is 0.248 e. The molecule has 5 nitrogen and oxygen atoms in total. The molecular formula is C31H43ClN2O3S. The molecule has 1 amide bonds. The summed E-state index contributed by atoms with van der Waals surface area (Å²) in [6, 6.07) is 13.6. The highest BCUT2D eigenvalue weighted by Crippen LogP contribution is 2.35. The summed E-state index contributed by atoms with van der Waals surface area (Å²) in [5.74, 6) is 2.15. The molecule has 0 aromatic heterocycles. The number of benzene rings is 2. The SMILES string of the molecule is CC[C@@H](C/C=C/CCCS(C)=O)CCN1CC(CCCc2cccc(Cl)c2)COc2ccc(C(N)=O)cc21. The van der Waals surface area contributed by atoms with Gasteiger partial charge in [-0.25, -0.2) is 0 Å². The summed E-state index contributed by atoms with van der Waals surface area (Å²) < 4.78 is 17.5. The van der Waals surface area contributed by atoms with Crippen LogP contribution < -0.4 is 15.4 Å². The van der Waals surface area contributed by atoms with Crippen molar-refractivity contribution in [1.29, 1.82) is 0 Å². The Bertz CT molecular complexity index is 1090. The van der Waals surface area contributed by atoms with Gasteiger partial charge in [0.05, 0.1) is 12.3 Å². The monoisotopic (exact) mass is 558 g/mol. The predicted octanol–water partition coefficient (Wildman–Crippen LogP) is 6.80. The normalized spacial score (nSPS) is 17.0. The number of carbonyl (C=O) groups excluding carboxylic acids is 1. The molecule has 2 aromatic rings. The first kappa shape index (κ1) is 30.2. The Kier molecular flexibility index (Phi) is 12.7. The minimum Gasteiger partial charge on any atom is -0.491 e. The Balaban J connectivity index is 1.63. The summed E-state index contributed by atoms with van der Waals surface area (Å²) in [6.07, 6.45) is 14.6. The van der Waals surface area contributed by atoms with Crippen molar-refractivity contribution in [2.45, 2.75) is 58.3 Å². The number of nitrogens with zero attached hydrogens (tertiary/aromatic N) is 1. The molecule has 3 rings (SSSR count). The molecule has 38 heavy (non-hydrogen) atoms. The minimum atomic E-state index is -0.712. The maximum atomic E-state index is 11.9. The lowest BCUT2D eigenvalue weighted by Crippen LogP contribution is -2.32. The molecule has 0 aliphatic carbocycles. The Morgan fingerprint density at radius 3 is 2.82 bits per heavy atom. The molecule has 0 saturated carbocycles. The van der Waals surface area contributed by atoms with Crippen LogP contribution in [0.25, 0.3) is 0 Å². The number of carbonyl (C=O) groups is 1. The van der Waals surface area contributed by atoms with E-state index in [0.29, 0.717) is 24.0 Å². The van der Waals surface area contributed by atoms with Gasteiger partial charge in [-0.05, 0) is 86.8 Å². The third-order valence-corrected chi connectivity index (χ3v) is 8.43. The zero-order valence-electron chi connectivity index (χ0n) is 22.9. The number of hydrogen-bond donors (Lipinski definition) is 1. The van der Waals surface area contributed by atoms with Gasteiger partial charge in [0, 0.05) is 52.4 Å². The Morgan fingerprint density at radius 1 is 1.24 bits per heavy atom. The van der Waals surface area contributed by atoms with Gasteiger partial charge in [-0.3, -0.25) is 9.00 Å². The zero-order chi connectivity index (χ0) is 27.3. The molecule has 2 N–H and O–H groups in total. The van der Waals surface area contributed by atoms with Crippen LogP contribution in [0.4, 0.5) is 5.69 Å². The van der Waals surface area contributed by atoms with E-state index >= 15 is 0 Å². The van der Waals surface area contributed by atoms with Crippen molar-refractivity contribution in [1.82, 2.24) is 0 Å². The van der Waals surface area contributed by atoms with E-state index in [2.05, 4.69) is 30.0 Å². The van der Waals surface area contributed by atoms with E-state index in [-0.39, 0.29) is 0 Å². The molecule has 0 fully saturated rings. The Labute approximate surface area is 236 Å². The summed E-state index contributed by atoms with van der Waals surface area (Å²) >= 11 is 6.16. The number of ether oxygens (including phenoxy) is 1. The van der Waals surface area contributed by atoms with Crippen molar-refractivity contribution < 1.29 is 13.7 Å². The summed E-state index contributed by atoms with van der Waals surface area (Å²) in [7, 11) is -0.712. The fraction of sp³-hybridized carbons (Fsp3) is 0.516. The molecule has 7 heteroatoms. The van der Waals surface area contributed by atoms with Crippen molar-refractivity contribution in [3.8, 4) is 5.75 Å². The second-order valence-corrected chi connectivity index (χ2v) is 12.4. The van der Waals surface area contributed by atoms with Gasteiger partial charge in [0.1, 0.15) is 5.75 Å². The fourth-order valence-corrected chi connectivity index (χ4v) is 5.81. The molecule has 1 aliphatic heterocycles. The molecule has 0 radical (unpaired) electrons. The highest BCUT2D eigenvalue weighted by Gasteiger charge is 2.24. The minimum absolute atomic E-state index is 0.391. The standard InChI is InChI=1S/C31H43ClN2O3S/c1-3-24(10-6-4-5-7-19-38(2)36)17-18-34-22-26(13-8-11-25-12-9-14-28(32)20-25)23-37-30-16-15-27(31(33)35)21-29(30)34/h4,6,9,12,14-16,20-21,24,26H,3,5,7-8,10-11,13,17-19,22-23H2,1-2H3,(H2,33,35)/b6-4+/t24-,26?,38?/m0/s1. The third-order valence-electron chi connectivity index (χ3n) is 7.33. The van der Waals surface area contributed by atoms with Crippen LogP contribution in [-0.4, -0.2) is 41.8 Å². The van der Waals surface area contributed by atoms with E-state index in [4.69, 9.17) is 22.1 Å². The number of nitrogens with two attached hydrogens (primary N) is 1. The van der Waals surface area contributed by atoms with E-state index in [1.54, 1.807) is 12.3 Å². The molecule has 0 bridgehead atoms. The molecule has 208 valence electrons. The number of fused-ring (bicyclic) bond motifs is 1. The van der Waals surface area contributed by atoms with Gasteiger partial charge in [0.15, 0.2) is 0 Å². The first-order chi connectivity index (χ1) is 18.4. The second-order valence-electron chi connectivity index (χ2n) is 10.4.